The quantitative estimate of drug-likeness (QED) is 0.620. The molecule has 0 spiro atoms. The third-order valence-corrected chi connectivity index (χ3v) is 3.95. The van der Waals surface area contributed by atoms with Gasteiger partial charge in [0.2, 0.25) is 5.91 Å². The maximum atomic E-state index is 11.7. The highest BCUT2D eigenvalue weighted by Crippen LogP contribution is 2.32. The second kappa shape index (κ2) is 6.95. The van der Waals surface area contributed by atoms with Gasteiger partial charge in [0, 0.05) is 17.7 Å². The highest BCUT2D eigenvalue weighted by atomic mass is 32.1. The summed E-state index contributed by atoms with van der Waals surface area (Å²) in [7, 11) is 0. The standard InChI is InChI=1S/C14H17NO3S/c1-4-5-6-7-8-11(16)15-13-12(14(17)18)9(2)10(3)19-13/h1H,5-8H2,2-3H3,(H,15,16)(H,17,18). The number of nitrogens with one attached hydrogen (secondary N) is 1. The molecule has 102 valence electrons. The van der Waals surface area contributed by atoms with Crippen LogP contribution in [0.25, 0.3) is 0 Å². The Hall–Kier alpha value is -1.80. The predicted octanol–water partition coefficient (Wildman–Crippen LogP) is 3.20. The van der Waals surface area contributed by atoms with Gasteiger partial charge in [-0.2, -0.15) is 0 Å². The van der Waals surface area contributed by atoms with Gasteiger partial charge in [0.05, 0.1) is 5.56 Å². The van der Waals surface area contributed by atoms with Crippen molar-refractivity contribution in [3.05, 3.63) is 16.0 Å². The average Bonchev–Trinajstić information content (AvgIpc) is 2.60. The van der Waals surface area contributed by atoms with Crippen molar-refractivity contribution in [1.82, 2.24) is 0 Å². The molecular formula is C14H17NO3S. The monoisotopic (exact) mass is 279 g/mol. The van der Waals surface area contributed by atoms with Gasteiger partial charge in [-0.3, -0.25) is 4.79 Å². The van der Waals surface area contributed by atoms with Gasteiger partial charge in [0.25, 0.3) is 0 Å². The normalized spacial score (nSPS) is 9.95. The van der Waals surface area contributed by atoms with E-state index in [2.05, 4.69) is 11.2 Å². The molecule has 1 amide bonds. The molecule has 0 aliphatic rings. The lowest BCUT2D eigenvalue weighted by molar-refractivity contribution is -0.116. The summed E-state index contributed by atoms with van der Waals surface area (Å²) in [5.74, 6) is 1.34. The molecule has 0 unspecified atom stereocenters. The number of carbonyl (C=O) groups is 2. The maximum Gasteiger partial charge on any atom is 0.338 e. The number of thiophene rings is 1. The molecule has 1 aromatic rings. The molecule has 0 saturated carbocycles. The number of unbranched alkanes of at least 4 members (excludes halogenated alkanes) is 2. The summed E-state index contributed by atoms with van der Waals surface area (Å²) in [5.41, 5.74) is 0.902. The Morgan fingerprint density at radius 3 is 2.63 bits per heavy atom. The van der Waals surface area contributed by atoms with E-state index < -0.39 is 5.97 Å². The van der Waals surface area contributed by atoms with E-state index in [4.69, 9.17) is 11.5 Å². The average molecular weight is 279 g/mol. The van der Waals surface area contributed by atoms with Gasteiger partial charge < -0.3 is 10.4 Å². The first-order chi connectivity index (χ1) is 8.97. The first-order valence-corrected chi connectivity index (χ1v) is 6.85. The summed E-state index contributed by atoms with van der Waals surface area (Å²) >= 11 is 1.30. The lowest BCUT2D eigenvalue weighted by Crippen LogP contribution is -2.12. The van der Waals surface area contributed by atoms with Gasteiger partial charge in [0.1, 0.15) is 5.00 Å². The van der Waals surface area contributed by atoms with Crippen LogP contribution in [0.4, 0.5) is 5.00 Å². The van der Waals surface area contributed by atoms with E-state index in [1.54, 1.807) is 6.92 Å². The van der Waals surface area contributed by atoms with Gasteiger partial charge >= 0.3 is 5.97 Å². The van der Waals surface area contributed by atoms with Crippen LogP contribution in [-0.2, 0) is 4.79 Å². The lowest BCUT2D eigenvalue weighted by Gasteiger charge is -2.04. The van der Waals surface area contributed by atoms with E-state index in [9.17, 15) is 9.59 Å². The zero-order chi connectivity index (χ0) is 14.4. The van der Waals surface area contributed by atoms with Crippen LogP contribution in [0.15, 0.2) is 0 Å². The van der Waals surface area contributed by atoms with Crippen molar-refractivity contribution in [3.8, 4) is 12.3 Å². The fourth-order valence-electron chi connectivity index (χ4n) is 1.67. The number of rotatable bonds is 6. The van der Waals surface area contributed by atoms with Crippen LogP contribution < -0.4 is 5.32 Å². The van der Waals surface area contributed by atoms with E-state index in [-0.39, 0.29) is 11.5 Å². The van der Waals surface area contributed by atoms with Crippen molar-refractivity contribution < 1.29 is 14.7 Å². The maximum absolute atomic E-state index is 11.7. The van der Waals surface area contributed by atoms with Crippen molar-refractivity contribution in [2.45, 2.75) is 39.5 Å². The molecule has 0 fully saturated rings. The highest BCUT2D eigenvalue weighted by Gasteiger charge is 2.19. The summed E-state index contributed by atoms with van der Waals surface area (Å²) in [6.45, 7) is 3.59. The minimum atomic E-state index is -1.01. The summed E-state index contributed by atoms with van der Waals surface area (Å²) < 4.78 is 0. The highest BCUT2D eigenvalue weighted by molar-refractivity contribution is 7.16. The first-order valence-electron chi connectivity index (χ1n) is 6.04. The Morgan fingerprint density at radius 1 is 1.37 bits per heavy atom. The molecule has 0 aromatic carbocycles. The molecule has 2 N–H and O–H groups in total. The molecule has 0 radical (unpaired) electrons. The SMILES string of the molecule is C#CCCCCC(=O)Nc1sc(C)c(C)c1C(=O)O. The summed E-state index contributed by atoms with van der Waals surface area (Å²) in [6.07, 6.45) is 7.66. The number of carboxylic acid groups (broad SMARTS) is 1. The summed E-state index contributed by atoms with van der Waals surface area (Å²) in [6, 6.07) is 0. The number of hydrogen-bond donors (Lipinski definition) is 2. The molecule has 0 aliphatic heterocycles. The van der Waals surface area contributed by atoms with Gasteiger partial charge in [-0.15, -0.1) is 23.7 Å². The van der Waals surface area contributed by atoms with Crippen molar-refractivity contribution in [2.24, 2.45) is 0 Å². The first kappa shape index (κ1) is 15.3. The number of terminal acetylenes is 1. The predicted molar refractivity (Wildman–Crippen MR) is 76.7 cm³/mol. The zero-order valence-electron chi connectivity index (χ0n) is 11.1. The molecule has 0 aliphatic carbocycles. The Morgan fingerprint density at radius 2 is 2.05 bits per heavy atom. The third-order valence-electron chi connectivity index (χ3n) is 2.83. The van der Waals surface area contributed by atoms with Crippen LogP contribution in [0.1, 0.15) is 46.5 Å². The number of carboxylic acids is 1. The fraction of sp³-hybridized carbons (Fsp3) is 0.429. The molecule has 5 heteroatoms. The fourth-order valence-corrected chi connectivity index (χ4v) is 2.74. The Kier molecular flexibility index (Phi) is 5.58. The van der Waals surface area contributed by atoms with E-state index in [1.165, 1.54) is 11.3 Å². The minimum Gasteiger partial charge on any atom is -0.478 e. The molecule has 0 atom stereocenters. The van der Waals surface area contributed by atoms with Crippen molar-refractivity contribution in [3.63, 3.8) is 0 Å². The Labute approximate surface area is 116 Å². The Bertz CT molecular complexity index is 526. The van der Waals surface area contributed by atoms with Crippen LogP contribution in [0.5, 0.6) is 0 Å². The second-order valence-corrected chi connectivity index (χ2v) is 5.48. The zero-order valence-corrected chi connectivity index (χ0v) is 11.9. The number of hydrogen-bond acceptors (Lipinski definition) is 3. The number of carbonyl (C=O) groups excluding carboxylic acids is 1. The van der Waals surface area contributed by atoms with Gasteiger partial charge in [0.15, 0.2) is 0 Å². The molecule has 0 bridgehead atoms. The van der Waals surface area contributed by atoms with E-state index in [0.717, 1.165) is 11.3 Å². The van der Waals surface area contributed by atoms with E-state index >= 15 is 0 Å². The lowest BCUT2D eigenvalue weighted by atomic mass is 10.1. The van der Waals surface area contributed by atoms with Gasteiger partial charge in [-0.1, -0.05) is 0 Å². The number of aromatic carboxylic acids is 1. The van der Waals surface area contributed by atoms with Crippen molar-refractivity contribution >= 4 is 28.2 Å². The van der Waals surface area contributed by atoms with Crippen LogP contribution in [0, 0.1) is 26.2 Å². The second-order valence-electron chi connectivity index (χ2n) is 4.25. The molecule has 1 heterocycles. The van der Waals surface area contributed by atoms with Crippen LogP contribution in [0.3, 0.4) is 0 Å². The van der Waals surface area contributed by atoms with Crippen LogP contribution in [0.2, 0.25) is 0 Å². The number of anilines is 1. The molecule has 19 heavy (non-hydrogen) atoms. The summed E-state index contributed by atoms with van der Waals surface area (Å²) in [5, 5.41) is 12.3. The van der Waals surface area contributed by atoms with Crippen LogP contribution in [-0.4, -0.2) is 17.0 Å². The van der Waals surface area contributed by atoms with Gasteiger partial charge in [-0.05, 0) is 32.3 Å². The molecule has 0 saturated heterocycles. The smallest absolute Gasteiger partial charge is 0.338 e. The van der Waals surface area contributed by atoms with Gasteiger partial charge in [-0.25, -0.2) is 4.79 Å². The third kappa shape index (κ3) is 4.11. The molecule has 1 rings (SSSR count). The van der Waals surface area contributed by atoms with Crippen LogP contribution >= 0.6 is 11.3 Å². The number of amides is 1. The summed E-state index contributed by atoms with van der Waals surface area (Å²) in [4.78, 5) is 23.8. The molecular weight excluding hydrogens is 262 g/mol. The Balaban J connectivity index is 2.67. The van der Waals surface area contributed by atoms with E-state index in [0.29, 0.717) is 29.8 Å². The van der Waals surface area contributed by atoms with E-state index in [1.807, 2.05) is 6.92 Å². The van der Waals surface area contributed by atoms with Crippen molar-refractivity contribution in [1.29, 1.82) is 0 Å². The largest absolute Gasteiger partial charge is 0.478 e. The number of aryl methyl sites for hydroxylation is 1. The molecule has 1 aromatic heterocycles. The topological polar surface area (TPSA) is 66.4 Å². The minimum absolute atomic E-state index is 0.166. The van der Waals surface area contributed by atoms with Crippen molar-refractivity contribution in [2.75, 3.05) is 5.32 Å². The molecule has 4 nitrogen and oxygen atoms in total.